The zero-order chi connectivity index (χ0) is 16.6. The summed E-state index contributed by atoms with van der Waals surface area (Å²) >= 11 is 1.85. The van der Waals surface area contributed by atoms with Crippen LogP contribution in [0.1, 0.15) is 32.1 Å². The highest BCUT2D eigenvalue weighted by Crippen LogP contribution is 2.40. The molecule has 0 unspecified atom stereocenters. The number of thiophene rings is 1. The minimum atomic E-state index is 0.572. The van der Waals surface area contributed by atoms with Crippen LogP contribution in [0.15, 0.2) is 48.8 Å². The molecule has 2 N–H and O–H groups in total. The van der Waals surface area contributed by atoms with Gasteiger partial charge in [0.2, 0.25) is 0 Å². The molecule has 1 saturated carbocycles. The number of hydrogen-bond acceptors (Lipinski definition) is 3. The summed E-state index contributed by atoms with van der Waals surface area (Å²) in [6.45, 7) is 0. The predicted molar refractivity (Wildman–Crippen MR) is 107 cm³/mol. The van der Waals surface area contributed by atoms with Gasteiger partial charge < -0.3 is 10.3 Å². The van der Waals surface area contributed by atoms with Gasteiger partial charge in [-0.3, -0.25) is 0 Å². The number of nitrogens with one attached hydrogen (secondary N) is 2. The van der Waals surface area contributed by atoms with Crippen molar-refractivity contribution in [3.8, 4) is 10.4 Å². The van der Waals surface area contributed by atoms with E-state index >= 15 is 0 Å². The van der Waals surface area contributed by atoms with Gasteiger partial charge in [-0.1, -0.05) is 37.5 Å². The van der Waals surface area contributed by atoms with Crippen LogP contribution in [0.2, 0.25) is 0 Å². The molecule has 1 fully saturated rings. The van der Waals surface area contributed by atoms with Crippen molar-refractivity contribution >= 4 is 38.1 Å². The topological polar surface area (TPSA) is 40.7 Å². The molecule has 0 spiro atoms. The number of H-pyrrole nitrogens is 1. The van der Waals surface area contributed by atoms with E-state index in [1.54, 1.807) is 0 Å². The Hall–Kier alpha value is -2.33. The van der Waals surface area contributed by atoms with E-state index in [1.165, 1.54) is 63.7 Å². The lowest BCUT2D eigenvalue weighted by Crippen LogP contribution is -2.22. The molecule has 25 heavy (non-hydrogen) atoms. The second kappa shape index (κ2) is 6.19. The van der Waals surface area contributed by atoms with Crippen LogP contribution in [0.5, 0.6) is 0 Å². The fraction of sp³-hybridized carbons (Fsp3) is 0.286. The first-order valence-electron chi connectivity index (χ1n) is 9.10. The van der Waals surface area contributed by atoms with E-state index < -0.39 is 0 Å². The standard InChI is InChI=1S/C21H21N3S/c1-2-7-15(8-3-1)24-20-16-10-11-22-21(16)23-13-17(20)19-12-14-6-4-5-9-18(14)25-19/h4-6,9-13,15H,1-3,7-8H2,(H2,22,23,24). The van der Waals surface area contributed by atoms with Gasteiger partial charge in [-0.15, -0.1) is 11.3 Å². The molecule has 1 aliphatic rings. The lowest BCUT2D eigenvalue weighted by Gasteiger charge is -2.25. The molecule has 0 bridgehead atoms. The van der Waals surface area contributed by atoms with Gasteiger partial charge in [0.15, 0.2) is 0 Å². The van der Waals surface area contributed by atoms with Crippen molar-refractivity contribution in [3.63, 3.8) is 0 Å². The van der Waals surface area contributed by atoms with Gasteiger partial charge in [-0.05, 0) is 36.4 Å². The molecule has 0 amide bonds. The highest BCUT2D eigenvalue weighted by atomic mass is 32.1. The van der Waals surface area contributed by atoms with Crippen LogP contribution >= 0.6 is 11.3 Å². The van der Waals surface area contributed by atoms with Crippen LogP contribution in [-0.2, 0) is 0 Å². The summed E-state index contributed by atoms with van der Waals surface area (Å²) in [7, 11) is 0. The number of aromatic nitrogens is 2. The molecule has 5 rings (SSSR count). The molecule has 0 radical (unpaired) electrons. The number of anilines is 1. The van der Waals surface area contributed by atoms with Crippen molar-refractivity contribution in [1.82, 2.24) is 9.97 Å². The molecule has 0 aliphatic heterocycles. The third-order valence-electron chi connectivity index (χ3n) is 5.23. The zero-order valence-electron chi connectivity index (χ0n) is 14.1. The summed E-state index contributed by atoms with van der Waals surface area (Å²) in [6, 6.07) is 13.6. The van der Waals surface area contributed by atoms with Crippen molar-refractivity contribution in [2.45, 2.75) is 38.1 Å². The first kappa shape index (κ1) is 15.0. The molecule has 4 aromatic rings. The summed E-state index contributed by atoms with van der Waals surface area (Å²) in [5.41, 5.74) is 3.42. The van der Waals surface area contributed by atoms with Crippen molar-refractivity contribution < 1.29 is 0 Å². The monoisotopic (exact) mass is 347 g/mol. The van der Waals surface area contributed by atoms with Crippen LogP contribution in [0.4, 0.5) is 5.69 Å². The fourth-order valence-electron chi connectivity index (χ4n) is 3.92. The number of aromatic amines is 1. The minimum absolute atomic E-state index is 0.572. The van der Waals surface area contributed by atoms with Crippen molar-refractivity contribution in [2.75, 3.05) is 5.32 Å². The largest absolute Gasteiger partial charge is 0.381 e. The number of nitrogens with zero attached hydrogens (tertiary/aromatic N) is 1. The van der Waals surface area contributed by atoms with E-state index in [4.69, 9.17) is 0 Å². The van der Waals surface area contributed by atoms with Crippen LogP contribution < -0.4 is 5.32 Å². The van der Waals surface area contributed by atoms with Crippen molar-refractivity contribution in [2.24, 2.45) is 0 Å². The van der Waals surface area contributed by atoms with E-state index in [9.17, 15) is 0 Å². The summed E-state index contributed by atoms with van der Waals surface area (Å²) in [4.78, 5) is 9.19. The fourth-order valence-corrected chi connectivity index (χ4v) is 4.99. The lowest BCUT2D eigenvalue weighted by molar-refractivity contribution is 0.463. The summed E-state index contributed by atoms with van der Waals surface area (Å²) in [5, 5.41) is 6.37. The van der Waals surface area contributed by atoms with E-state index in [0.717, 1.165) is 5.65 Å². The third kappa shape index (κ3) is 2.71. The third-order valence-corrected chi connectivity index (χ3v) is 6.38. The van der Waals surface area contributed by atoms with Crippen LogP contribution in [-0.4, -0.2) is 16.0 Å². The first-order valence-corrected chi connectivity index (χ1v) is 9.92. The van der Waals surface area contributed by atoms with Crippen LogP contribution in [0.25, 0.3) is 31.6 Å². The van der Waals surface area contributed by atoms with E-state index in [2.05, 4.69) is 51.7 Å². The van der Waals surface area contributed by atoms with Crippen molar-refractivity contribution in [3.05, 3.63) is 48.8 Å². The number of rotatable bonds is 3. The van der Waals surface area contributed by atoms with Gasteiger partial charge >= 0.3 is 0 Å². The van der Waals surface area contributed by atoms with Crippen LogP contribution in [0.3, 0.4) is 0 Å². The molecule has 0 atom stereocenters. The SMILES string of the molecule is c1ccc2sc(-c3cnc4[nH]ccc4c3NC3CCCCC3)cc2c1. The van der Waals surface area contributed by atoms with Crippen molar-refractivity contribution in [1.29, 1.82) is 0 Å². The Morgan fingerprint density at radius 1 is 1.08 bits per heavy atom. The van der Waals surface area contributed by atoms with E-state index in [1.807, 2.05) is 23.7 Å². The second-order valence-corrected chi connectivity index (χ2v) is 8.00. The van der Waals surface area contributed by atoms with Gasteiger partial charge in [0.25, 0.3) is 0 Å². The second-order valence-electron chi connectivity index (χ2n) is 6.91. The number of fused-ring (bicyclic) bond motifs is 2. The molecule has 4 heteroatoms. The molecule has 1 aromatic carbocycles. The maximum atomic E-state index is 4.65. The Kier molecular flexibility index (Phi) is 3.71. The van der Waals surface area contributed by atoms with Gasteiger partial charge in [0.1, 0.15) is 5.65 Å². The highest BCUT2D eigenvalue weighted by molar-refractivity contribution is 7.22. The molecule has 3 aromatic heterocycles. The Balaban J connectivity index is 1.64. The first-order chi connectivity index (χ1) is 12.4. The molecule has 3 nitrogen and oxygen atoms in total. The molecule has 126 valence electrons. The smallest absolute Gasteiger partial charge is 0.139 e. The summed E-state index contributed by atoms with van der Waals surface area (Å²) in [6.07, 6.45) is 10.6. The number of pyridine rings is 1. The normalized spacial score (nSPS) is 15.8. The zero-order valence-corrected chi connectivity index (χ0v) is 14.9. The maximum absolute atomic E-state index is 4.65. The lowest BCUT2D eigenvalue weighted by atomic mass is 9.95. The molecule has 3 heterocycles. The molecular weight excluding hydrogens is 326 g/mol. The molecular formula is C21H21N3S. The van der Waals surface area contributed by atoms with Gasteiger partial charge in [-0.25, -0.2) is 4.98 Å². The summed E-state index contributed by atoms with van der Waals surface area (Å²) in [5.74, 6) is 0. The van der Waals surface area contributed by atoms with Gasteiger partial charge in [0, 0.05) is 39.0 Å². The van der Waals surface area contributed by atoms with E-state index in [-0.39, 0.29) is 0 Å². The number of benzene rings is 1. The predicted octanol–water partition coefficient (Wildman–Crippen LogP) is 6.19. The van der Waals surface area contributed by atoms with Gasteiger partial charge in [-0.2, -0.15) is 0 Å². The Morgan fingerprint density at radius 2 is 1.96 bits per heavy atom. The quantitative estimate of drug-likeness (QED) is 0.464. The molecule has 1 aliphatic carbocycles. The Labute approximate surface area is 151 Å². The Morgan fingerprint density at radius 3 is 2.84 bits per heavy atom. The summed E-state index contributed by atoms with van der Waals surface area (Å²) < 4.78 is 1.33. The maximum Gasteiger partial charge on any atom is 0.139 e. The van der Waals surface area contributed by atoms with Crippen LogP contribution in [0, 0.1) is 0 Å². The van der Waals surface area contributed by atoms with Gasteiger partial charge in [0.05, 0.1) is 5.69 Å². The highest BCUT2D eigenvalue weighted by Gasteiger charge is 2.19. The average molecular weight is 347 g/mol. The average Bonchev–Trinajstić information content (AvgIpc) is 3.29. The number of hydrogen-bond donors (Lipinski definition) is 2. The minimum Gasteiger partial charge on any atom is -0.381 e. The molecule has 0 saturated heterocycles. The Bertz CT molecular complexity index is 991. The van der Waals surface area contributed by atoms with E-state index in [0.29, 0.717) is 6.04 Å².